The van der Waals surface area contributed by atoms with Gasteiger partial charge in [0, 0.05) is 19.3 Å². The van der Waals surface area contributed by atoms with E-state index in [0.29, 0.717) is 0 Å². The van der Waals surface area contributed by atoms with E-state index >= 15 is 0 Å². The monoisotopic (exact) mass is 219 g/mol. The van der Waals surface area contributed by atoms with Crippen molar-refractivity contribution in [1.29, 1.82) is 0 Å². The molecule has 0 spiro atoms. The lowest BCUT2D eigenvalue weighted by Crippen LogP contribution is -2.39. The third-order valence-corrected chi connectivity index (χ3v) is 3.17. The fourth-order valence-electron chi connectivity index (χ4n) is 2.15. The smallest absolute Gasteiger partial charge is 0.210 e. The van der Waals surface area contributed by atoms with Crippen LogP contribution >= 0.6 is 0 Å². The lowest BCUT2D eigenvalue weighted by atomic mass is 10.1. The maximum absolute atomic E-state index is 6.05. The first-order valence-corrected chi connectivity index (χ1v) is 5.97. The van der Waals surface area contributed by atoms with Gasteiger partial charge in [0.1, 0.15) is 5.75 Å². The van der Waals surface area contributed by atoms with Crippen molar-refractivity contribution in [3.05, 3.63) is 36.8 Å². The number of hydrogen-bond acceptors (Lipinski definition) is 2. The quantitative estimate of drug-likeness (QED) is 0.759. The summed E-state index contributed by atoms with van der Waals surface area (Å²) in [7, 11) is 0. The first-order valence-electron chi connectivity index (χ1n) is 5.97. The van der Waals surface area contributed by atoms with Crippen molar-refractivity contribution in [3.8, 4) is 5.75 Å². The normalized spacial score (nSPS) is 23.1. The van der Waals surface area contributed by atoms with Gasteiger partial charge in [-0.25, -0.2) is 0 Å². The first kappa shape index (κ1) is 11.5. The molecule has 0 aromatic heterocycles. The van der Waals surface area contributed by atoms with E-state index < -0.39 is 5.79 Å². The average molecular weight is 219 g/mol. The Bertz CT molecular complexity index is 356. The summed E-state index contributed by atoms with van der Waals surface area (Å²) in [5, 5.41) is 0. The second-order valence-corrected chi connectivity index (χ2v) is 4.27. The van der Waals surface area contributed by atoms with E-state index in [1.54, 1.807) is 0 Å². The molecule has 16 heavy (non-hydrogen) atoms. The predicted molar refractivity (Wildman–Crippen MR) is 64.3 cm³/mol. The van der Waals surface area contributed by atoms with Gasteiger partial charge in [-0.05, 0) is 18.6 Å². The molecular formula is C14H19O2. The highest BCUT2D eigenvalue weighted by molar-refractivity contribution is 5.35. The van der Waals surface area contributed by atoms with Crippen LogP contribution in [-0.4, -0.2) is 11.9 Å². The van der Waals surface area contributed by atoms with Gasteiger partial charge in [-0.3, -0.25) is 0 Å². The van der Waals surface area contributed by atoms with Crippen molar-refractivity contribution in [2.75, 3.05) is 0 Å². The van der Waals surface area contributed by atoms with Gasteiger partial charge in [0.15, 0.2) is 0 Å². The Morgan fingerprint density at radius 2 is 2.00 bits per heavy atom. The summed E-state index contributed by atoms with van der Waals surface area (Å²) in [5.41, 5.74) is 1.19. The van der Waals surface area contributed by atoms with Crippen LogP contribution in [0.4, 0.5) is 0 Å². The minimum absolute atomic E-state index is 0.0384. The predicted octanol–water partition coefficient (Wildman–Crippen LogP) is 3.36. The third kappa shape index (κ3) is 2.07. The fourth-order valence-corrected chi connectivity index (χ4v) is 2.15. The molecule has 0 amide bonds. The lowest BCUT2D eigenvalue weighted by molar-refractivity contribution is -0.199. The van der Waals surface area contributed by atoms with Crippen LogP contribution in [0.1, 0.15) is 32.3 Å². The van der Waals surface area contributed by atoms with Crippen LogP contribution < -0.4 is 4.74 Å². The molecule has 1 aromatic rings. The molecule has 0 aliphatic carbocycles. The summed E-state index contributed by atoms with van der Waals surface area (Å²) >= 11 is 0. The molecule has 0 bridgehead atoms. The van der Waals surface area contributed by atoms with E-state index in [1.165, 1.54) is 5.56 Å². The van der Waals surface area contributed by atoms with E-state index in [1.807, 2.05) is 18.2 Å². The molecule has 2 rings (SSSR count). The number of rotatable bonds is 2. The van der Waals surface area contributed by atoms with Gasteiger partial charge in [-0.1, -0.05) is 32.0 Å². The standard InChI is InChI=1S/C14H19O2/c1-4-14(5-2)15-11(3)10-12-8-6-7-9-13(12)16-14/h6-9,11H,3-5,10H2,1-2H3. The summed E-state index contributed by atoms with van der Waals surface area (Å²) in [6.45, 7) is 8.22. The van der Waals surface area contributed by atoms with Crippen LogP contribution in [-0.2, 0) is 11.2 Å². The molecule has 1 unspecified atom stereocenters. The number of hydrogen-bond donors (Lipinski definition) is 0. The zero-order valence-electron chi connectivity index (χ0n) is 10.0. The third-order valence-electron chi connectivity index (χ3n) is 3.17. The van der Waals surface area contributed by atoms with Crippen LogP contribution in [0.15, 0.2) is 24.3 Å². The van der Waals surface area contributed by atoms with E-state index in [2.05, 4.69) is 26.8 Å². The molecule has 0 saturated heterocycles. The summed E-state index contributed by atoms with van der Waals surface area (Å²) in [6, 6.07) is 8.12. The van der Waals surface area contributed by atoms with Crippen LogP contribution in [0.2, 0.25) is 0 Å². The molecule has 1 atom stereocenters. The molecular weight excluding hydrogens is 200 g/mol. The van der Waals surface area contributed by atoms with E-state index in [9.17, 15) is 0 Å². The van der Waals surface area contributed by atoms with Crippen molar-refractivity contribution in [2.45, 2.75) is 45.0 Å². The van der Waals surface area contributed by atoms with E-state index in [0.717, 1.165) is 25.0 Å². The Labute approximate surface area is 97.6 Å². The number of fused-ring (bicyclic) bond motifs is 1. The Morgan fingerprint density at radius 1 is 1.31 bits per heavy atom. The van der Waals surface area contributed by atoms with E-state index in [4.69, 9.17) is 9.47 Å². The molecule has 0 fully saturated rings. The van der Waals surface area contributed by atoms with Gasteiger partial charge < -0.3 is 9.47 Å². The summed E-state index contributed by atoms with van der Waals surface area (Å²) in [5.74, 6) is 0.441. The lowest BCUT2D eigenvalue weighted by Gasteiger charge is -2.32. The Balaban J connectivity index is 2.37. The molecule has 87 valence electrons. The highest BCUT2D eigenvalue weighted by Crippen LogP contribution is 2.34. The average Bonchev–Trinajstić information content (AvgIpc) is 2.44. The van der Waals surface area contributed by atoms with Gasteiger partial charge in [0.2, 0.25) is 5.79 Å². The zero-order valence-corrected chi connectivity index (χ0v) is 10.0. The van der Waals surface area contributed by atoms with Crippen LogP contribution in [0.5, 0.6) is 5.75 Å². The van der Waals surface area contributed by atoms with Crippen LogP contribution in [0.25, 0.3) is 0 Å². The first-order chi connectivity index (χ1) is 7.69. The largest absolute Gasteiger partial charge is 0.462 e. The summed E-state index contributed by atoms with van der Waals surface area (Å²) in [6.07, 6.45) is 2.45. The van der Waals surface area contributed by atoms with Gasteiger partial charge in [-0.2, -0.15) is 0 Å². The molecule has 0 saturated carbocycles. The minimum Gasteiger partial charge on any atom is -0.462 e. The number of para-hydroxylation sites is 1. The summed E-state index contributed by atoms with van der Waals surface area (Å²) in [4.78, 5) is 0. The Morgan fingerprint density at radius 3 is 2.69 bits per heavy atom. The molecule has 1 heterocycles. The Kier molecular flexibility index (Phi) is 3.20. The van der Waals surface area contributed by atoms with Crippen LogP contribution in [0, 0.1) is 6.92 Å². The second kappa shape index (κ2) is 4.46. The van der Waals surface area contributed by atoms with Gasteiger partial charge in [0.05, 0.1) is 6.10 Å². The highest BCUT2D eigenvalue weighted by Gasteiger charge is 2.34. The van der Waals surface area contributed by atoms with Crippen molar-refractivity contribution in [3.63, 3.8) is 0 Å². The molecule has 0 N–H and O–H groups in total. The van der Waals surface area contributed by atoms with Crippen molar-refractivity contribution >= 4 is 0 Å². The minimum atomic E-state index is -0.501. The highest BCUT2D eigenvalue weighted by atomic mass is 16.7. The number of ether oxygens (including phenoxy) is 2. The molecule has 2 heteroatoms. The maximum Gasteiger partial charge on any atom is 0.210 e. The maximum atomic E-state index is 6.05. The zero-order chi connectivity index (χ0) is 11.6. The van der Waals surface area contributed by atoms with Crippen LogP contribution in [0.3, 0.4) is 0 Å². The van der Waals surface area contributed by atoms with Crippen molar-refractivity contribution in [1.82, 2.24) is 0 Å². The molecule has 1 aromatic carbocycles. The van der Waals surface area contributed by atoms with Crippen molar-refractivity contribution < 1.29 is 9.47 Å². The molecule has 1 aliphatic heterocycles. The molecule has 2 nitrogen and oxygen atoms in total. The van der Waals surface area contributed by atoms with Gasteiger partial charge >= 0.3 is 0 Å². The SMILES string of the molecule is [CH2]C1Cc2ccccc2OC(CC)(CC)O1. The number of benzene rings is 1. The fraction of sp³-hybridized carbons (Fsp3) is 0.500. The van der Waals surface area contributed by atoms with Gasteiger partial charge in [0.25, 0.3) is 0 Å². The van der Waals surface area contributed by atoms with E-state index in [-0.39, 0.29) is 6.10 Å². The molecule has 1 aliphatic rings. The summed E-state index contributed by atoms with van der Waals surface area (Å²) < 4.78 is 12.0. The second-order valence-electron chi connectivity index (χ2n) is 4.27. The van der Waals surface area contributed by atoms with Gasteiger partial charge in [-0.15, -0.1) is 0 Å². The molecule has 1 radical (unpaired) electrons. The topological polar surface area (TPSA) is 18.5 Å². The van der Waals surface area contributed by atoms with Crippen molar-refractivity contribution in [2.24, 2.45) is 0 Å². The Hall–Kier alpha value is -1.02.